The first-order chi connectivity index (χ1) is 13.7. The van der Waals surface area contributed by atoms with Crippen LogP contribution in [0, 0.1) is 5.92 Å². The molecule has 1 atom stereocenters. The van der Waals surface area contributed by atoms with Crippen molar-refractivity contribution in [3.8, 4) is 0 Å². The van der Waals surface area contributed by atoms with Gasteiger partial charge in [-0.15, -0.1) is 0 Å². The van der Waals surface area contributed by atoms with Gasteiger partial charge in [0, 0.05) is 45.3 Å². The molecule has 0 bridgehead atoms. The lowest BCUT2D eigenvalue weighted by molar-refractivity contribution is -0.138. The van der Waals surface area contributed by atoms with E-state index in [4.69, 9.17) is 0 Å². The van der Waals surface area contributed by atoms with Gasteiger partial charge in [0.25, 0.3) is 0 Å². The minimum Gasteiger partial charge on any atom is -0.341 e. The third kappa shape index (κ3) is 4.77. The predicted octanol–water partition coefficient (Wildman–Crippen LogP) is 3.42. The van der Waals surface area contributed by atoms with Crippen molar-refractivity contribution in [3.05, 3.63) is 35.9 Å². The zero-order chi connectivity index (χ0) is 19.3. The van der Waals surface area contributed by atoms with E-state index in [1.807, 2.05) is 0 Å². The number of benzene rings is 1. The van der Waals surface area contributed by atoms with Crippen molar-refractivity contribution in [2.75, 3.05) is 39.3 Å². The summed E-state index contributed by atoms with van der Waals surface area (Å²) in [6.45, 7) is 8.37. The molecule has 2 saturated heterocycles. The van der Waals surface area contributed by atoms with Gasteiger partial charge in [-0.1, -0.05) is 43.2 Å². The predicted molar refractivity (Wildman–Crippen MR) is 114 cm³/mol. The van der Waals surface area contributed by atoms with Crippen molar-refractivity contribution < 1.29 is 4.79 Å². The second-order valence-electron chi connectivity index (χ2n) is 9.14. The highest BCUT2D eigenvalue weighted by molar-refractivity contribution is 5.81. The number of carbonyl (C=O) groups is 1. The lowest BCUT2D eigenvalue weighted by Crippen LogP contribution is -2.56. The van der Waals surface area contributed by atoms with Crippen molar-refractivity contribution in [2.45, 2.75) is 64.0 Å². The van der Waals surface area contributed by atoms with E-state index < -0.39 is 0 Å². The monoisotopic (exact) mass is 383 g/mol. The Morgan fingerprint density at radius 1 is 0.929 bits per heavy atom. The minimum absolute atomic E-state index is 0.0383. The molecule has 4 rings (SSSR count). The largest absolute Gasteiger partial charge is 0.341 e. The van der Waals surface area contributed by atoms with Gasteiger partial charge in [0.2, 0.25) is 5.91 Å². The highest BCUT2D eigenvalue weighted by Crippen LogP contribution is 2.26. The molecule has 2 heterocycles. The number of piperazine rings is 1. The standard InChI is InChI=1S/C24H37N3O/c1-20(25-15-17-26(18-16-25)23-9-5-6-10-23)24(28)27-13-11-22(12-14-27)19-21-7-3-2-4-8-21/h2-4,7-8,20,22-23H,5-6,9-19H2,1H3. The summed E-state index contributed by atoms with van der Waals surface area (Å²) in [6, 6.07) is 11.6. The molecule has 28 heavy (non-hydrogen) atoms. The topological polar surface area (TPSA) is 26.8 Å². The van der Waals surface area contributed by atoms with Gasteiger partial charge >= 0.3 is 0 Å². The fourth-order valence-electron chi connectivity index (χ4n) is 5.48. The lowest BCUT2D eigenvalue weighted by atomic mass is 9.90. The number of nitrogens with zero attached hydrogens (tertiary/aromatic N) is 3. The minimum atomic E-state index is 0.0383. The molecule has 3 fully saturated rings. The first-order valence-electron chi connectivity index (χ1n) is 11.5. The Bertz CT molecular complexity index is 612. The first-order valence-corrected chi connectivity index (χ1v) is 11.5. The average molecular weight is 384 g/mol. The zero-order valence-electron chi connectivity index (χ0n) is 17.6. The van der Waals surface area contributed by atoms with Gasteiger partial charge in [0.05, 0.1) is 6.04 Å². The van der Waals surface area contributed by atoms with Crippen LogP contribution in [0.25, 0.3) is 0 Å². The molecule has 4 nitrogen and oxygen atoms in total. The molecule has 1 aromatic carbocycles. The maximum atomic E-state index is 13.1. The number of hydrogen-bond acceptors (Lipinski definition) is 3. The number of piperidine rings is 1. The van der Waals surface area contributed by atoms with Gasteiger partial charge in [-0.2, -0.15) is 0 Å². The molecular weight excluding hydrogens is 346 g/mol. The Hall–Kier alpha value is -1.39. The Kier molecular flexibility index (Phi) is 6.69. The van der Waals surface area contributed by atoms with Crippen molar-refractivity contribution in [2.24, 2.45) is 5.92 Å². The maximum absolute atomic E-state index is 13.1. The maximum Gasteiger partial charge on any atom is 0.239 e. The van der Waals surface area contributed by atoms with Gasteiger partial charge in [-0.25, -0.2) is 0 Å². The number of hydrogen-bond donors (Lipinski definition) is 0. The van der Waals surface area contributed by atoms with Crippen LogP contribution >= 0.6 is 0 Å². The summed E-state index contributed by atoms with van der Waals surface area (Å²) in [7, 11) is 0. The summed E-state index contributed by atoms with van der Waals surface area (Å²) in [5.41, 5.74) is 1.43. The Morgan fingerprint density at radius 2 is 1.57 bits per heavy atom. The molecule has 1 unspecified atom stereocenters. The molecular formula is C24H37N3O. The highest BCUT2D eigenvalue weighted by Gasteiger charge is 2.32. The molecule has 1 aromatic rings. The van der Waals surface area contributed by atoms with Crippen LogP contribution < -0.4 is 0 Å². The van der Waals surface area contributed by atoms with E-state index in [2.05, 4.69) is 52.0 Å². The van der Waals surface area contributed by atoms with E-state index in [9.17, 15) is 4.79 Å². The molecule has 0 N–H and O–H groups in total. The molecule has 0 spiro atoms. The van der Waals surface area contributed by atoms with Gasteiger partial charge < -0.3 is 4.90 Å². The second kappa shape index (κ2) is 9.41. The zero-order valence-corrected chi connectivity index (χ0v) is 17.6. The van der Waals surface area contributed by atoms with Crippen LogP contribution in [0.2, 0.25) is 0 Å². The van der Waals surface area contributed by atoms with E-state index in [0.717, 1.165) is 70.5 Å². The van der Waals surface area contributed by atoms with Gasteiger partial charge in [-0.3, -0.25) is 14.6 Å². The van der Waals surface area contributed by atoms with Crippen LogP contribution in [0.3, 0.4) is 0 Å². The molecule has 154 valence electrons. The fourth-order valence-corrected chi connectivity index (χ4v) is 5.48. The molecule has 2 aliphatic heterocycles. The number of carbonyl (C=O) groups excluding carboxylic acids is 1. The molecule has 1 saturated carbocycles. The van der Waals surface area contributed by atoms with Crippen LogP contribution in [-0.2, 0) is 11.2 Å². The van der Waals surface area contributed by atoms with Crippen molar-refractivity contribution in [1.29, 1.82) is 0 Å². The van der Waals surface area contributed by atoms with E-state index in [1.54, 1.807) is 0 Å². The fraction of sp³-hybridized carbons (Fsp3) is 0.708. The van der Waals surface area contributed by atoms with E-state index >= 15 is 0 Å². The number of amides is 1. The van der Waals surface area contributed by atoms with Crippen molar-refractivity contribution in [1.82, 2.24) is 14.7 Å². The van der Waals surface area contributed by atoms with E-state index in [0.29, 0.717) is 5.91 Å². The van der Waals surface area contributed by atoms with Crippen LogP contribution in [0.1, 0.15) is 51.0 Å². The SMILES string of the molecule is CC(C(=O)N1CCC(Cc2ccccc2)CC1)N1CCN(C2CCCC2)CC1. The Balaban J connectivity index is 1.21. The van der Waals surface area contributed by atoms with Crippen LogP contribution in [-0.4, -0.2) is 72.0 Å². The molecule has 1 amide bonds. The molecule has 0 radical (unpaired) electrons. The molecule has 1 aliphatic carbocycles. The van der Waals surface area contributed by atoms with E-state index in [1.165, 1.54) is 31.2 Å². The van der Waals surface area contributed by atoms with Crippen LogP contribution in [0.4, 0.5) is 0 Å². The lowest BCUT2D eigenvalue weighted by Gasteiger charge is -2.42. The highest BCUT2D eigenvalue weighted by atomic mass is 16.2. The molecule has 0 aromatic heterocycles. The summed E-state index contributed by atoms with van der Waals surface area (Å²) in [5, 5.41) is 0. The summed E-state index contributed by atoms with van der Waals surface area (Å²) >= 11 is 0. The third-order valence-corrected chi connectivity index (χ3v) is 7.39. The van der Waals surface area contributed by atoms with Gasteiger partial charge in [0.15, 0.2) is 0 Å². The number of likely N-dealkylation sites (tertiary alicyclic amines) is 1. The third-order valence-electron chi connectivity index (χ3n) is 7.39. The smallest absolute Gasteiger partial charge is 0.239 e. The summed E-state index contributed by atoms with van der Waals surface area (Å²) in [5.74, 6) is 1.07. The molecule has 3 aliphatic rings. The quantitative estimate of drug-likeness (QED) is 0.780. The summed E-state index contributed by atoms with van der Waals surface area (Å²) in [6.07, 6.45) is 9.01. The average Bonchev–Trinajstić information content (AvgIpc) is 3.29. The number of rotatable bonds is 5. The van der Waals surface area contributed by atoms with Crippen LogP contribution in [0.15, 0.2) is 30.3 Å². The summed E-state index contributed by atoms with van der Waals surface area (Å²) in [4.78, 5) is 20.3. The van der Waals surface area contributed by atoms with Crippen LogP contribution in [0.5, 0.6) is 0 Å². The van der Waals surface area contributed by atoms with Gasteiger partial charge in [-0.05, 0) is 50.5 Å². The Morgan fingerprint density at radius 3 is 2.21 bits per heavy atom. The second-order valence-corrected chi connectivity index (χ2v) is 9.14. The Labute approximate surface area is 170 Å². The van der Waals surface area contributed by atoms with Crippen molar-refractivity contribution in [3.63, 3.8) is 0 Å². The van der Waals surface area contributed by atoms with E-state index in [-0.39, 0.29) is 6.04 Å². The molecule has 4 heteroatoms. The van der Waals surface area contributed by atoms with Gasteiger partial charge in [0.1, 0.15) is 0 Å². The summed E-state index contributed by atoms with van der Waals surface area (Å²) < 4.78 is 0. The normalized spacial score (nSPS) is 24.5. The van der Waals surface area contributed by atoms with Crippen molar-refractivity contribution >= 4 is 5.91 Å². The first kappa shape index (κ1) is 19.9.